The quantitative estimate of drug-likeness (QED) is 0.311. The van der Waals surface area contributed by atoms with Crippen LogP contribution < -0.4 is 0 Å². The molecule has 2 aromatic rings. The summed E-state index contributed by atoms with van der Waals surface area (Å²) in [5.41, 5.74) is 1.95. The molecule has 1 unspecified atom stereocenters. The van der Waals surface area contributed by atoms with E-state index < -0.39 is 0 Å². The van der Waals surface area contributed by atoms with Gasteiger partial charge in [0.25, 0.3) is 5.69 Å². The standard InChI is InChI=1S/C22H24N2O4/c25-22(13-12-18-7-2-1-3-8-18)28-17-21-10-4-5-14-23(21)16-19-9-6-11-20(15-19)24(26)27/h1-3,6-9,11-13,15,21H,4-5,10,14,16-17H2. The van der Waals surface area contributed by atoms with Crippen molar-refractivity contribution in [2.45, 2.75) is 31.8 Å². The number of benzene rings is 2. The molecule has 146 valence electrons. The lowest BCUT2D eigenvalue weighted by atomic mass is 10.0. The van der Waals surface area contributed by atoms with E-state index in [2.05, 4.69) is 4.90 Å². The SMILES string of the molecule is O=C(C=Cc1ccccc1)OCC1CCCCN1Cc1cccc([N+](=O)[O-])c1. The Morgan fingerprint density at radius 1 is 1.18 bits per heavy atom. The third-order valence-electron chi connectivity index (χ3n) is 4.89. The molecule has 1 heterocycles. The fraction of sp³-hybridized carbons (Fsp3) is 0.318. The van der Waals surface area contributed by atoms with Crippen LogP contribution in [0.25, 0.3) is 6.08 Å². The Hall–Kier alpha value is -2.99. The third kappa shape index (κ3) is 5.76. The Balaban J connectivity index is 1.56. The molecule has 0 aromatic heterocycles. The molecule has 1 fully saturated rings. The van der Waals surface area contributed by atoms with Crippen molar-refractivity contribution in [2.75, 3.05) is 13.2 Å². The molecule has 0 aliphatic carbocycles. The average Bonchev–Trinajstić information content (AvgIpc) is 2.72. The number of carbonyl (C=O) groups is 1. The second-order valence-electron chi connectivity index (χ2n) is 6.92. The fourth-order valence-corrected chi connectivity index (χ4v) is 3.41. The van der Waals surface area contributed by atoms with Crippen molar-refractivity contribution < 1.29 is 14.5 Å². The number of hydrogen-bond donors (Lipinski definition) is 0. The highest BCUT2D eigenvalue weighted by atomic mass is 16.6. The van der Waals surface area contributed by atoms with Crippen LogP contribution in [0.15, 0.2) is 60.7 Å². The van der Waals surface area contributed by atoms with E-state index >= 15 is 0 Å². The zero-order valence-corrected chi connectivity index (χ0v) is 15.7. The van der Waals surface area contributed by atoms with Gasteiger partial charge < -0.3 is 4.74 Å². The zero-order valence-electron chi connectivity index (χ0n) is 15.7. The predicted octanol–water partition coefficient (Wildman–Crippen LogP) is 4.21. The molecule has 0 radical (unpaired) electrons. The predicted molar refractivity (Wildman–Crippen MR) is 108 cm³/mol. The highest BCUT2D eigenvalue weighted by Crippen LogP contribution is 2.22. The van der Waals surface area contributed by atoms with Gasteiger partial charge in [0.2, 0.25) is 0 Å². The molecule has 1 atom stereocenters. The van der Waals surface area contributed by atoms with Crippen LogP contribution in [0.4, 0.5) is 5.69 Å². The Kier molecular flexibility index (Phi) is 6.92. The molecule has 1 aliphatic rings. The summed E-state index contributed by atoms with van der Waals surface area (Å²) in [7, 11) is 0. The summed E-state index contributed by atoms with van der Waals surface area (Å²) in [6, 6.07) is 16.4. The van der Waals surface area contributed by atoms with E-state index in [1.807, 2.05) is 36.4 Å². The number of likely N-dealkylation sites (tertiary alicyclic amines) is 1. The molecule has 0 spiro atoms. The number of nitro benzene ring substituents is 1. The van der Waals surface area contributed by atoms with Crippen molar-refractivity contribution in [3.8, 4) is 0 Å². The van der Waals surface area contributed by atoms with Crippen LogP contribution in [0, 0.1) is 10.1 Å². The lowest BCUT2D eigenvalue weighted by Gasteiger charge is -2.35. The largest absolute Gasteiger partial charge is 0.461 e. The summed E-state index contributed by atoms with van der Waals surface area (Å²) < 4.78 is 5.46. The van der Waals surface area contributed by atoms with Crippen molar-refractivity contribution in [3.05, 3.63) is 81.9 Å². The Morgan fingerprint density at radius 2 is 2.00 bits per heavy atom. The molecule has 3 rings (SSSR count). The first-order chi connectivity index (χ1) is 13.6. The number of nitro groups is 1. The third-order valence-corrected chi connectivity index (χ3v) is 4.89. The van der Waals surface area contributed by atoms with Gasteiger partial charge >= 0.3 is 5.97 Å². The van der Waals surface area contributed by atoms with E-state index in [0.29, 0.717) is 13.2 Å². The zero-order chi connectivity index (χ0) is 19.8. The van der Waals surface area contributed by atoms with Crippen LogP contribution in [0.2, 0.25) is 0 Å². The molecule has 0 N–H and O–H groups in total. The van der Waals surface area contributed by atoms with Gasteiger partial charge in [-0.2, -0.15) is 0 Å². The summed E-state index contributed by atoms with van der Waals surface area (Å²) in [6.07, 6.45) is 6.30. The first-order valence-electron chi connectivity index (χ1n) is 9.49. The van der Waals surface area contributed by atoms with Crippen molar-refractivity contribution in [1.29, 1.82) is 0 Å². The monoisotopic (exact) mass is 380 g/mol. The highest BCUT2D eigenvalue weighted by Gasteiger charge is 2.24. The van der Waals surface area contributed by atoms with Gasteiger partial charge in [0.05, 0.1) is 4.92 Å². The number of hydrogen-bond acceptors (Lipinski definition) is 5. The van der Waals surface area contributed by atoms with Gasteiger partial charge in [-0.1, -0.05) is 48.9 Å². The minimum atomic E-state index is -0.377. The summed E-state index contributed by atoms with van der Waals surface area (Å²) >= 11 is 0. The van der Waals surface area contributed by atoms with Crippen LogP contribution in [-0.2, 0) is 16.1 Å². The molecule has 6 heteroatoms. The number of rotatable bonds is 7. The van der Waals surface area contributed by atoms with Gasteiger partial charge in [0.1, 0.15) is 6.61 Å². The van der Waals surface area contributed by atoms with Crippen LogP contribution in [0.1, 0.15) is 30.4 Å². The summed E-state index contributed by atoms with van der Waals surface area (Å²) in [6.45, 7) is 1.83. The van der Waals surface area contributed by atoms with Gasteiger partial charge in [-0.05, 0) is 36.6 Å². The maximum absolute atomic E-state index is 12.0. The number of piperidine rings is 1. The first-order valence-corrected chi connectivity index (χ1v) is 9.49. The van der Waals surface area contributed by atoms with Gasteiger partial charge in [-0.25, -0.2) is 4.79 Å². The Morgan fingerprint density at radius 3 is 2.79 bits per heavy atom. The van der Waals surface area contributed by atoms with E-state index in [4.69, 9.17) is 4.74 Å². The molecule has 0 saturated carbocycles. The molecule has 0 bridgehead atoms. The summed E-state index contributed by atoms with van der Waals surface area (Å²) in [4.78, 5) is 24.9. The van der Waals surface area contributed by atoms with E-state index in [9.17, 15) is 14.9 Å². The van der Waals surface area contributed by atoms with Crippen LogP contribution in [0.3, 0.4) is 0 Å². The summed E-state index contributed by atoms with van der Waals surface area (Å²) in [5.74, 6) is -0.357. The molecular weight excluding hydrogens is 356 g/mol. The molecule has 6 nitrogen and oxygen atoms in total. The van der Waals surface area contributed by atoms with Crippen LogP contribution >= 0.6 is 0 Å². The average molecular weight is 380 g/mol. The maximum atomic E-state index is 12.0. The smallest absolute Gasteiger partial charge is 0.330 e. The molecule has 0 amide bonds. The second kappa shape index (κ2) is 9.80. The lowest BCUT2D eigenvalue weighted by Crippen LogP contribution is -2.42. The number of carbonyl (C=O) groups excluding carboxylic acids is 1. The number of non-ortho nitro benzene ring substituents is 1. The first kappa shape index (κ1) is 19.8. The van der Waals surface area contributed by atoms with Gasteiger partial charge in [0, 0.05) is 30.8 Å². The number of ether oxygens (including phenoxy) is 1. The van der Waals surface area contributed by atoms with Crippen molar-refractivity contribution in [3.63, 3.8) is 0 Å². The normalized spacial score (nSPS) is 17.5. The molecule has 1 aliphatic heterocycles. The minimum absolute atomic E-state index is 0.100. The second-order valence-corrected chi connectivity index (χ2v) is 6.92. The molecule has 1 saturated heterocycles. The van der Waals surface area contributed by atoms with Gasteiger partial charge in [0.15, 0.2) is 0 Å². The maximum Gasteiger partial charge on any atom is 0.330 e. The topological polar surface area (TPSA) is 72.7 Å². The molecule has 2 aromatic carbocycles. The summed E-state index contributed by atoms with van der Waals surface area (Å²) in [5, 5.41) is 11.0. The van der Waals surface area contributed by atoms with E-state index in [0.717, 1.165) is 36.9 Å². The Bertz CT molecular complexity index is 835. The van der Waals surface area contributed by atoms with Gasteiger partial charge in [-0.15, -0.1) is 0 Å². The van der Waals surface area contributed by atoms with Crippen molar-refractivity contribution in [2.24, 2.45) is 0 Å². The van der Waals surface area contributed by atoms with Crippen LogP contribution in [-0.4, -0.2) is 35.0 Å². The highest BCUT2D eigenvalue weighted by molar-refractivity contribution is 5.87. The van der Waals surface area contributed by atoms with Crippen LogP contribution in [0.5, 0.6) is 0 Å². The Labute approximate surface area is 164 Å². The molecular formula is C22H24N2O4. The van der Waals surface area contributed by atoms with Crippen molar-refractivity contribution in [1.82, 2.24) is 4.90 Å². The van der Waals surface area contributed by atoms with Gasteiger partial charge in [-0.3, -0.25) is 15.0 Å². The fourth-order valence-electron chi connectivity index (χ4n) is 3.41. The lowest BCUT2D eigenvalue weighted by molar-refractivity contribution is -0.384. The van der Waals surface area contributed by atoms with E-state index in [-0.39, 0.29) is 22.6 Å². The minimum Gasteiger partial charge on any atom is -0.461 e. The van der Waals surface area contributed by atoms with E-state index in [1.165, 1.54) is 12.1 Å². The van der Waals surface area contributed by atoms with E-state index in [1.54, 1.807) is 18.2 Å². The molecule has 28 heavy (non-hydrogen) atoms. The number of esters is 1. The number of nitrogens with zero attached hydrogens (tertiary/aromatic N) is 2. The van der Waals surface area contributed by atoms with Crippen molar-refractivity contribution >= 4 is 17.7 Å².